The number of anilines is 1. The molecule has 2 rings (SSSR count). The topological polar surface area (TPSA) is 59.1 Å². The first kappa shape index (κ1) is 8.93. The van der Waals surface area contributed by atoms with Gasteiger partial charge in [0.05, 0.1) is 6.61 Å². The minimum Gasteiger partial charge on any atom is -0.392 e. The van der Waals surface area contributed by atoms with Crippen molar-refractivity contribution in [1.82, 2.24) is 4.98 Å². The van der Waals surface area contributed by atoms with Crippen LogP contribution in [0.1, 0.15) is 5.56 Å². The summed E-state index contributed by atoms with van der Waals surface area (Å²) >= 11 is 4.94. The highest BCUT2D eigenvalue weighted by atomic mass is 79.9. The number of nitrogens with zero attached hydrogens (tertiary/aromatic N) is 1. The summed E-state index contributed by atoms with van der Waals surface area (Å²) < 4.78 is 1.94. The number of nitrogen functional groups attached to an aromatic ring is 1. The molecule has 0 bridgehead atoms. The average Bonchev–Trinajstić information content (AvgIpc) is 2.50. The molecule has 0 fully saturated rings. The average molecular weight is 259 g/mol. The van der Waals surface area contributed by atoms with Gasteiger partial charge in [0.15, 0.2) is 0 Å². The summed E-state index contributed by atoms with van der Waals surface area (Å²) in [5, 5.41) is 11.9. The first-order valence-electron chi connectivity index (χ1n) is 3.65. The van der Waals surface area contributed by atoms with Crippen LogP contribution < -0.4 is 5.73 Å². The Kier molecular flexibility index (Phi) is 2.23. The van der Waals surface area contributed by atoms with Gasteiger partial charge in [-0.15, -0.1) is 11.3 Å². The van der Waals surface area contributed by atoms with Gasteiger partial charge in [-0.1, -0.05) is 0 Å². The molecule has 0 saturated heterocycles. The summed E-state index contributed by atoms with van der Waals surface area (Å²) in [4.78, 5) is 4.01. The van der Waals surface area contributed by atoms with Crippen LogP contribution in [-0.4, -0.2) is 10.1 Å². The highest BCUT2D eigenvalue weighted by Crippen LogP contribution is 2.35. The maximum Gasteiger partial charge on any atom is 0.133 e. The molecule has 5 heteroatoms. The molecule has 2 heterocycles. The van der Waals surface area contributed by atoms with Crippen LogP contribution >= 0.6 is 27.3 Å². The second-order valence-corrected chi connectivity index (χ2v) is 4.35. The van der Waals surface area contributed by atoms with Crippen LogP contribution in [0.3, 0.4) is 0 Å². The molecular formula is C8H7BrN2OS. The molecule has 0 aliphatic carbocycles. The van der Waals surface area contributed by atoms with E-state index < -0.39 is 0 Å². The SMILES string of the molecule is Nc1ncc(CO)c2scc(Br)c12. The molecule has 0 atom stereocenters. The van der Waals surface area contributed by atoms with Gasteiger partial charge in [-0.25, -0.2) is 4.98 Å². The summed E-state index contributed by atoms with van der Waals surface area (Å²) in [6.07, 6.45) is 1.61. The summed E-state index contributed by atoms with van der Waals surface area (Å²) in [6.45, 7) is -0.00324. The minimum absolute atomic E-state index is 0.00324. The molecular weight excluding hydrogens is 252 g/mol. The fourth-order valence-corrected chi connectivity index (χ4v) is 2.95. The predicted octanol–water partition coefficient (Wildman–Crippen LogP) is 2.13. The van der Waals surface area contributed by atoms with Crippen molar-refractivity contribution in [3.63, 3.8) is 0 Å². The van der Waals surface area contributed by atoms with E-state index in [4.69, 9.17) is 10.8 Å². The Morgan fingerprint density at radius 1 is 1.62 bits per heavy atom. The number of aliphatic hydroxyl groups is 1. The monoisotopic (exact) mass is 258 g/mol. The van der Waals surface area contributed by atoms with Crippen LogP contribution in [0.5, 0.6) is 0 Å². The summed E-state index contributed by atoms with van der Waals surface area (Å²) in [6, 6.07) is 0. The molecule has 0 aromatic carbocycles. The number of hydrogen-bond donors (Lipinski definition) is 2. The van der Waals surface area contributed by atoms with Gasteiger partial charge in [0.1, 0.15) is 5.82 Å². The van der Waals surface area contributed by atoms with Gasteiger partial charge in [0, 0.05) is 31.7 Å². The van der Waals surface area contributed by atoms with Crippen molar-refractivity contribution in [2.75, 3.05) is 5.73 Å². The van der Waals surface area contributed by atoms with Crippen molar-refractivity contribution < 1.29 is 5.11 Å². The summed E-state index contributed by atoms with van der Waals surface area (Å²) in [5.41, 5.74) is 6.53. The molecule has 0 aliphatic rings. The van der Waals surface area contributed by atoms with E-state index in [-0.39, 0.29) is 6.61 Å². The van der Waals surface area contributed by atoms with E-state index in [9.17, 15) is 0 Å². The summed E-state index contributed by atoms with van der Waals surface area (Å²) in [5.74, 6) is 0.500. The number of aromatic nitrogens is 1. The maximum absolute atomic E-state index is 9.05. The third kappa shape index (κ3) is 1.33. The molecule has 3 N–H and O–H groups in total. The number of nitrogens with two attached hydrogens (primary N) is 1. The molecule has 0 unspecified atom stereocenters. The zero-order chi connectivity index (χ0) is 9.42. The Morgan fingerprint density at radius 3 is 3.08 bits per heavy atom. The molecule has 0 saturated carbocycles. The van der Waals surface area contributed by atoms with Crippen molar-refractivity contribution >= 4 is 43.2 Å². The van der Waals surface area contributed by atoms with Crippen LogP contribution in [0.25, 0.3) is 10.1 Å². The Bertz CT molecular complexity index is 455. The quantitative estimate of drug-likeness (QED) is 0.824. The number of aliphatic hydroxyl groups excluding tert-OH is 1. The van der Waals surface area contributed by atoms with Crippen LogP contribution in [-0.2, 0) is 6.61 Å². The fourth-order valence-electron chi connectivity index (χ4n) is 1.20. The molecule has 0 spiro atoms. The Hall–Kier alpha value is -0.650. The van der Waals surface area contributed by atoms with E-state index in [0.29, 0.717) is 5.82 Å². The van der Waals surface area contributed by atoms with E-state index in [1.54, 1.807) is 17.5 Å². The lowest BCUT2D eigenvalue weighted by atomic mass is 10.2. The lowest BCUT2D eigenvalue weighted by Crippen LogP contribution is -1.93. The van der Waals surface area contributed by atoms with Gasteiger partial charge in [-0.3, -0.25) is 0 Å². The molecule has 3 nitrogen and oxygen atoms in total. The third-order valence-corrected chi connectivity index (χ3v) is 3.81. The van der Waals surface area contributed by atoms with Crippen LogP contribution in [0.4, 0.5) is 5.82 Å². The highest BCUT2D eigenvalue weighted by molar-refractivity contribution is 9.10. The van der Waals surface area contributed by atoms with Crippen LogP contribution in [0, 0.1) is 0 Å². The van der Waals surface area contributed by atoms with Gasteiger partial charge in [-0.2, -0.15) is 0 Å². The molecule has 2 aromatic rings. The molecule has 13 heavy (non-hydrogen) atoms. The molecule has 0 amide bonds. The Labute approximate surface area is 87.3 Å². The first-order chi connectivity index (χ1) is 6.24. The van der Waals surface area contributed by atoms with Gasteiger partial charge >= 0.3 is 0 Å². The molecule has 68 valence electrons. The highest BCUT2D eigenvalue weighted by Gasteiger charge is 2.09. The number of fused-ring (bicyclic) bond motifs is 1. The molecule has 0 aliphatic heterocycles. The van der Waals surface area contributed by atoms with E-state index in [1.807, 2.05) is 5.38 Å². The zero-order valence-corrected chi connectivity index (χ0v) is 9.02. The number of halogens is 1. The standard InChI is InChI=1S/C8H7BrN2OS/c9-5-3-13-7-4(2-12)1-11-8(10)6(5)7/h1,3,12H,2H2,(H2,10,11). The van der Waals surface area contributed by atoms with Crippen molar-refractivity contribution in [3.8, 4) is 0 Å². The van der Waals surface area contributed by atoms with E-state index >= 15 is 0 Å². The number of rotatable bonds is 1. The second-order valence-electron chi connectivity index (χ2n) is 2.61. The van der Waals surface area contributed by atoms with Crippen LogP contribution in [0.15, 0.2) is 16.0 Å². The molecule has 0 radical (unpaired) electrons. The lowest BCUT2D eigenvalue weighted by molar-refractivity contribution is 0.283. The van der Waals surface area contributed by atoms with E-state index in [2.05, 4.69) is 20.9 Å². The maximum atomic E-state index is 9.05. The Balaban J connectivity index is 2.87. The predicted molar refractivity (Wildman–Crippen MR) is 57.7 cm³/mol. The normalized spacial score (nSPS) is 10.9. The van der Waals surface area contributed by atoms with Gasteiger partial charge in [0.25, 0.3) is 0 Å². The fraction of sp³-hybridized carbons (Fsp3) is 0.125. The van der Waals surface area contributed by atoms with E-state index in [0.717, 1.165) is 20.1 Å². The van der Waals surface area contributed by atoms with Crippen molar-refractivity contribution in [1.29, 1.82) is 0 Å². The van der Waals surface area contributed by atoms with Gasteiger partial charge in [0.2, 0.25) is 0 Å². The number of thiophene rings is 1. The Morgan fingerprint density at radius 2 is 2.38 bits per heavy atom. The van der Waals surface area contributed by atoms with Crippen molar-refractivity contribution in [2.24, 2.45) is 0 Å². The van der Waals surface area contributed by atoms with Gasteiger partial charge < -0.3 is 10.8 Å². The molecule has 2 aromatic heterocycles. The minimum atomic E-state index is -0.00324. The third-order valence-electron chi connectivity index (χ3n) is 1.82. The largest absolute Gasteiger partial charge is 0.392 e. The van der Waals surface area contributed by atoms with Crippen molar-refractivity contribution in [3.05, 3.63) is 21.6 Å². The van der Waals surface area contributed by atoms with Crippen LogP contribution in [0.2, 0.25) is 0 Å². The second kappa shape index (κ2) is 3.25. The number of hydrogen-bond acceptors (Lipinski definition) is 4. The smallest absolute Gasteiger partial charge is 0.133 e. The first-order valence-corrected chi connectivity index (χ1v) is 5.32. The van der Waals surface area contributed by atoms with E-state index in [1.165, 1.54) is 0 Å². The van der Waals surface area contributed by atoms with Gasteiger partial charge in [-0.05, 0) is 15.9 Å². The lowest BCUT2D eigenvalue weighted by Gasteiger charge is -2.00. The van der Waals surface area contributed by atoms with Crippen molar-refractivity contribution in [2.45, 2.75) is 6.61 Å². The summed E-state index contributed by atoms with van der Waals surface area (Å²) in [7, 11) is 0. The zero-order valence-electron chi connectivity index (χ0n) is 6.62. The number of pyridine rings is 1.